The van der Waals surface area contributed by atoms with E-state index < -0.39 is 5.97 Å². The lowest BCUT2D eigenvalue weighted by molar-refractivity contribution is 0.0701. The number of carbonyl (C=O) groups is 1. The SMILES string of the molecule is Cc1nc(-c2ccc(OCc3ccc(Cl)c(Cl)c3)cc2)sc1C(=O)O. The van der Waals surface area contributed by atoms with Crippen molar-refractivity contribution in [3.63, 3.8) is 0 Å². The number of aryl methyl sites for hydroxylation is 1. The highest BCUT2D eigenvalue weighted by Crippen LogP contribution is 2.29. The molecule has 0 aliphatic rings. The molecule has 3 rings (SSSR count). The van der Waals surface area contributed by atoms with Crippen LogP contribution in [0.2, 0.25) is 10.0 Å². The van der Waals surface area contributed by atoms with Crippen molar-refractivity contribution in [1.82, 2.24) is 4.98 Å². The van der Waals surface area contributed by atoms with Gasteiger partial charge in [-0.2, -0.15) is 0 Å². The molecule has 0 saturated carbocycles. The molecule has 128 valence electrons. The van der Waals surface area contributed by atoms with Crippen LogP contribution in [0.25, 0.3) is 10.6 Å². The normalized spacial score (nSPS) is 10.7. The topological polar surface area (TPSA) is 59.4 Å². The number of thiazole rings is 1. The Labute approximate surface area is 158 Å². The van der Waals surface area contributed by atoms with Gasteiger partial charge in [0.1, 0.15) is 22.2 Å². The standard InChI is InChI=1S/C18H13Cl2NO3S/c1-10-16(18(22)23)25-17(21-10)12-3-5-13(6-4-12)24-9-11-2-7-14(19)15(20)8-11/h2-8H,9H2,1H3,(H,22,23). The van der Waals surface area contributed by atoms with E-state index in [9.17, 15) is 4.79 Å². The molecular formula is C18H13Cl2NO3S. The number of hydrogen-bond donors (Lipinski definition) is 1. The fourth-order valence-corrected chi connectivity index (χ4v) is 3.44. The minimum atomic E-state index is -0.956. The van der Waals surface area contributed by atoms with Gasteiger partial charge < -0.3 is 9.84 Å². The van der Waals surface area contributed by atoms with Gasteiger partial charge in [0.25, 0.3) is 0 Å². The predicted molar refractivity (Wildman–Crippen MR) is 100 cm³/mol. The highest BCUT2D eigenvalue weighted by atomic mass is 35.5. The quantitative estimate of drug-likeness (QED) is 0.603. The number of halogens is 2. The lowest BCUT2D eigenvalue weighted by atomic mass is 10.2. The van der Waals surface area contributed by atoms with Gasteiger partial charge >= 0.3 is 5.97 Å². The number of aromatic nitrogens is 1. The van der Waals surface area contributed by atoms with E-state index in [0.717, 1.165) is 22.5 Å². The van der Waals surface area contributed by atoms with E-state index >= 15 is 0 Å². The molecule has 0 amide bonds. The van der Waals surface area contributed by atoms with Crippen LogP contribution in [-0.2, 0) is 6.61 Å². The maximum absolute atomic E-state index is 11.1. The molecule has 0 aliphatic carbocycles. The van der Waals surface area contributed by atoms with Crippen molar-refractivity contribution in [3.8, 4) is 16.3 Å². The van der Waals surface area contributed by atoms with Gasteiger partial charge in [-0.05, 0) is 48.9 Å². The lowest BCUT2D eigenvalue weighted by Gasteiger charge is -2.07. The maximum atomic E-state index is 11.1. The first-order chi connectivity index (χ1) is 11.9. The van der Waals surface area contributed by atoms with Crippen molar-refractivity contribution >= 4 is 40.5 Å². The van der Waals surface area contributed by atoms with E-state index in [-0.39, 0.29) is 4.88 Å². The molecule has 7 heteroatoms. The van der Waals surface area contributed by atoms with E-state index in [1.54, 1.807) is 19.1 Å². The number of hydrogen-bond acceptors (Lipinski definition) is 4. The Hall–Kier alpha value is -2.08. The molecule has 0 fully saturated rings. The molecule has 0 aliphatic heterocycles. The summed E-state index contributed by atoms with van der Waals surface area (Å²) < 4.78 is 5.73. The molecule has 0 saturated heterocycles. The van der Waals surface area contributed by atoms with Gasteiger partial charge in [-0.1, -0.05) is 29.3 Å². The van der Waals surface area contributed by atoms with Gasteiger partial charge in [-0.25, -0.2) is 9.78 Å². The summed E-state index contributed by atoms with van der Waals surface area (Å²) in [5.74, 6) is -0.260. The van der Waals surface area contributed by atoms with Gasteiger partial charge in [0.05, 0.1) is 15.7 Å². The lowest BCUT2D eigenvalue weighted by Crippen LogP contribution is -1.95. The van der Waals surface area contributed by atoms with Gasteiger partial charge in [0, 0.05) is 5.56 Å². The van der Waals surface area contributed by atoms with Gasteiger partial charge in [0.15, 0.2) is 0 Å². The Bertz CT molecular complexity index is 923. The fourth-order valence-electron chi connectivity index (χ4n) is 2.21. The number of ether oxygens (including phenoxy) is 1. The molecule has 4 nitrogen and oxygen atoms in total. The number of carboxylic acid groups (broad SMARTS) is 1. The van der Waals surface area contributed by atoms with Crippen LogP contribution in [-0.4, -0.2) is 16.1 Å². The summed E-state index contributed by atoms with van der Waals surface area (Å²) in [7, 11) is 0. The average Bonchev–Trinajstić information content (AvgIpc) is 2.98. The zero-order valence-corrected chi connectivity index (χ0v) is 15.5. The molecule has 0 unspecified atom stereocenters. The van der Waals surface area contributed by atoms with Crippen LogP contribution >= 0.6 is 34.5 Å². The van der Waals surface area contributed by atoms with Gasteiger partial charge in [0.2, 0.25) is 0 Å². The van der Waals surface area contributed by atoms with Crippen molar-refractivity contribution in [2.75, 3.05) is 0 Å². The summed E-state index contributed by atoms with van der Waals surface area (Å²) in [6.45, 7) is 2.06. The summed E-state index contributed by atoms with van der Waals surface area (Å²) in [5.41, 5.74) is 2.29. The van der Waals surface area contributed by atoms with E-state index in [1.165, 1.54) is 0 Å². The third kappa shape index (κ3) is 4.12. The molecule has 0 bridgehead atoms. The molecule has 1 aromatic heterocycles. The largest absolute Gasteiger partial charge is 0.489 e. The Morgan fingerprint density at radius 3 is 2.48 bits per heavy atom. The first-order valence-corrected chi connectivity index (χ1v) is 8.89. The smallest absolute Gasteiger partial charge is 0.347 e. The third-order valence-corrected chi connectivity index (χ3v) is 5.42. The van der Waals surface area contributed by atoms with Crippen LogP contribution in [0, 0.1) is 6.92 Å². The molecule has 1 heterocycles. The van der Waals surface area contributed by atoms with Crippen molar-refractivity contribution in [2.24, 2.45) is 0 Å². The van der Waals surface area contributed by atoms with E-state index in [2.05, 4.69) is 4.98 Å². The van der Waals surface area contributed by atoms with Crippen LogP contribution in [0.3, 0.4) is 0 Å². The van der Waals surface area contributed by atoms with E-state index in [1.807, 2.05) is 30.3 Å². The van der Waals surface area contributed by atoms with Crippen LogP contribution in [0.5, 0.6) is 5.75 Å². The minimum Gasteiger partial charge on any atom is -0.489 e. The van der Waals surface area contributed by atoms with Gasteiger partial charge in [-0.3, -0.25) is 0 Å². The molecular weight excluding hydrogens is 381 g/mol. The van der Waals surface area contributed by atoms with Crippen LogP contribution in [0.15, 0.2) is 42.5 Å². The van der Waals surface area contributed by atoms with E-state index in [4.69, 9.17) is 33.0 Å². The summed E-state index contributed by atoms with van der Waals surface area (Å²) in [5, 5.41) is 10.8. The predicted octanol–water partition coefficient (Wildman–Crippen LogP) is 5.70. The zero-order valence-electron chi connectivity index (χ0n) is 13.1. The minimum absolute atomic E-state index is 0.259. The highest BCUT2D eigenvalue weighted by Gasteiger charge is 2.15. The number of benzene rings is 2. The van der Waals surface area contributed by atoms with Crippen molar-refractivity contribution in [2.45, 2.75) is 13.5 Å². The number of rotatable bonds is 5. The second kappa shape index (κ2) is 7.44. The number of nitrogens with zero attached hydrogens (tertiary/aromatic N) is 1. The molecule has 0 radical (unpaired) electrons. The third-order valence-electron chi connectivity index (χ3n) is 3.48. The van der Waals surface area contributed by atoms with Gasteiger partial charge in [-0.15, -0.1) is 11.3 Å². The first-order valence-electron chi connectivity index (χ1n) is 7.32. The Balaban J connectivity index is 1.70. The summed E-state index contributed by atoms with van der Waals surface area (Å²) in [6.07, 6.45) is 0. The summed E-state index contributed by atoms with van der Waals surface area (Å²) in [6, 6.07) is 12.7. The summed E-state index contributed by atoms with van der Waals surface area (Å²) >= 11 is 13.0. The molecule has 25 heavy (non-hydrogen) atoms. The summed E-state index contributed by atoms with van der Waals surface area (Å²) in [4.78, 5) is 15.7. The average molecular weight is 394 g/mol. The first kappa shape index (κ1) is 17.7. The van der Waals surface area contributed by atoms with Crippen LogP contribution in [0.4, 0.5) is 0 Å². The Morgan fingerprint density at radius 2 is 1.88 bits per heavy atom. The Morgan fingerprint density at radius 1 is 1.16 bits per heavy atom. The molecule has 0 atom stereocenters. The fraction of sp³-hybridized carbons (Fsp3) is 0.111. The number of aromatic carboxylic acids is 1. The monoisotopic (exact) mass is 393 g/mol. The second-order valence-corrected chi connectivity index (χ2v) is 7.11. The Kier molecular flexibility index (Phi) is 5.27. The maximum Gasteiger partial charge on any atom is 0.347 e. The van der Waals surface area contributed by atoms with Crippen LogP contribution < -0.4 is 4.74 Å². The van der Waals surface area contributed by atoms with Crippen molar-refractivity contribution in [1.29, 1.82) is 0 Å². The van der Waals surface area contributed by atoms with E-state index in [0.29, 0.717) is 33.1 Å². The molecule has 1 N–H and O–H groups in total. The van der Waals surface area contributed by atoms with Crippen molar-refractivity contribution in [3.05, 3.63) is 68.6 Å². The molecule has 0 spiro atoms. The number of carboxylic acids is 1. The zero-order chi connectivity index (χ0) is 18.0. The highest BCUT2D eigenvalue weighted by molar-refractivity contribution is 7.17. The van der Waals surface area contributed by atoms with Crippen LogP contribution in [0.1, 0.15) is 20.9 Å². The van der Waals surface area contributed by atoms with Crippen molar-refractivity contribution < 1.29 is 14.6 Å². The second-order valence-electron chi connectivity index (χ2n) is 5.30. The molecule has 2 aromatic carbocycles. The molecule has 3 aromatic rings.